The van der Waals surface area contributed by atoms with Crippen LogP contribution in [-0.2, 0) is 36.7 Å². The molecule has 38 heavy (non-hydrogen) atoms. The average Bonchev–Trinajstić information content (AvgIpc) is 3.26. The van der Waals surface area contributed by atoms with Gasteiger partial charge in [0.05, 0.1) is 18.9 Å². The molecule has 208 valence electrons. The van der Waals surface area contributed by atoms with Crippen LogP contribution >= 0.6 is 0 Å². The summed E-state index contributed by atoms with van der Waals surface area (Å²) in [5.74, 6) is -0.886. The standard InChI is InChI=1S/C24H34N6O6S2/c1-29-16-23(26-17-29)37(33,34)28-20(14-18-8-3-2-4-9-18)24(32)27-19-10-7-13-30(15-21(19)31)38(35,36)22-11-5-6-12-25-22/h5-6,11-12,16-20,28H,2-4,7-10,13-15H2,1H3,(H,27,32)/t19-,20-/m0/s1. The van der Waals surface area contributed by atoms with E-state index in [4.69, 9.17) is 0 Å². The minimum Gasteiger partial charge on any atom is -0.345 e. The highest BCUT2D eigenvalue weighted by Gasteiger charge is 2.36. The van der Waals surface area contributed by atoms with E-state index in [2.05, 4.69) is 20.0 Å². The Morgan fingerprint density at radius 2 is 1.82 bits per heavy atom. The maximum atomic E-state index is 13.4. The number of ketones is 1. The number of nitrogens with one attached hydrogen (secondary N) is 2. The molecular formula is C24H34N6O6S2. The van der Waals surface area contributed by atoms with Crippen LogP contribution in [0.3, 0.4) is 0 Å². The molecule has 4 rings (SSSR count). The Morgan fingerprint density at radius 1 is 1.05 bits per heavy atom. The van der Waals surface area contributed by atoms with Crippen molar-refractivity contribution in [2.24, 2.45) is 13.0 Å². The Labute approximate surface area is 223 Å². The minimum absolute atomic E-state index is 0.106. The molecule has 0 aromatic carbocycles. The van der Waals surface area contributed by atoms with E-state index >= 15 is 0 Å². The summed E-state index contributed by atoms with van der Waals surface area (Å²) < 4.78 is 57.0. The van der Waals surface area contributed by atoms with Gasteiger partial charge >= 0.3 is 0 Å². The largest absolute Gasteiger partial charge is 0.345 e. The van der Waals surface area contributed by atoms with Gasteiger partial charge in [0.1, 0.15) is 6.04 Å². The predicted molar refractivity (Wildman–Crippen MR) is 138 cm³/mol. The summed E-state index contributed by atoms with van der Waals surface area (Å²) in [6.45, 7) is -0.300. The molecule has 2 aromatic heterocycles. The summed E-state index contributed by atoms with van der Waals surface area (Å²) in [4.78, 5) is 34.3. The first-order valence-corrected chi connectivity index (χ1v) is 15.7. The molecule has 1 amide bonds. The number of hydrogen-bond acceptors (Lipinski definition) is 8. The SMILES string of the molecule is Cn1cnc(S(=O)(=O)N[C@@H](CC2CCCCC2)C(=O)N[C@H]2CCCN(S(=O)(=O)c3ccccn3)CC2=O)c1. The summed E-state index contributed by atoms with van der Waals surface area (Å²) in [7, 11) is -6.40. The first-order chi connectivity index (χ1) is 18.1. The highest BCUT2D eigenvalue weighted by Crippen LogP contribution is 2.28. The van der Waals surface area contributed by atoms with Crippen LogP contribution in [0.25, 0.3) is 0 Å². The van der Waals surface area contributed by atoms with E-state index in [1.54, 1.807) is 19.2 Å². The van der Waals surface area contributed by atoms with E-state index in [0.717, 1.165) is 36.4 Å². The molecule has 12 nitrogen and oxygen atoms in total. The summed E-state index contributed by atoms with van der Waals surface area (Å²) in [6.07, 6.45) is 9.92. The Hall–Kier alpha value is -2.68. The van der Waals surface area contributed by atoms with Crippen LogP contribution in [0, 0.1) is 5.92 Å². The zero-order valence-electron chi connectivity index (χ0n) is 21.3. The van der Waals surface area contributed by atoms with Crippen LogP contribution in [0.4, 0.5) is 0 Å². The number of rotatable bonds is 9. The Morgan fingerprint density at radius 3 is 2.47 bits per heavy atom. The van der Waals surface area contributed by atoms with Crippen molar-refractivity contribution >= 4 is 31.7 Å². The molecule has 1 aliphatic carbocycles. The summed E-state index contributed by atoms with van der Waals surface area (Å²) >= 11 is 0. The summed E-state index contributed by atoms with van der Waals surface area (Å²) in [5, 5.41) is 2.37. The fourth-order valence-electron chi connectivity index (χ4n) is 5.00. The second kappa shape index (κ2) is 12.0. The zero-order chi connectivity index (χ0) is 27.3. The summed E-state index contributed by atoms with van der Waals surface area (Å²) in [6, 6.07) is 2.51. The van der Waals surface area contributed by atoms with Crippen molar-refractivity contribution in [2.75, 3.05) is 13.1 Å². The fraction of sp³-hybridized carbons (Fsp3) is 0.583. The second-order valence-corrected chi connectivity index (χ2v) is 13.5. The lowest BCUT2D eigenvalue weighted by molar-refractivity contribution is -0.128. The fourth-order valence-corrected chi connectivity index (χ4v) is 7.56. The number of pyridine rings is 1. The molecule has 1 aliphatic heterocycles. The lowest BCUT2D eigenvalue weighted by Gasteiger charge is -2.27. The molecule has 0 radical (unpaired) electrons. The molecule has 2 N–H and O–H groups in total. The molecule has 14 heteroatoms. The maximum absolute atomic E-state index is 13.4. The van der Waals surface area contributed by atoms with E-state index in [-0.39, 0.29) is 28.9 Å². The number of nitrogens with zero attached hydrogens (tertiary/aromatic N) is 4. The van der Waals surface area contributed by atoms with Gasteiger partial charge in [0, 0.05) is 26.0 Å². The zero-order valence-corrected chi connectivity index (χ0v) is 23.0. The third kappa shape index (κ3) is 6.84. The Bertz CT molecular complexity index is 1340. The topological polar surface area (TPSA) is 160 Å². The van der Waals surface area contributed by atoms with Gasteiger partial charge in [0.25, 0.3) is 20.0 Å². The Kier molecular flexibility index (Phi) is 8.96. The van der Waals surface area contributed by atoms with Gasteiger partial charge in [-0.3, -0.25) is 9.59 Å². The van der Waals surface area contributed by atoms with E-state index in [1.807, 2.05) is 0 Å². The number of aromatic nitrogens is 3. The molecular weight excluding hydrogens is 532 g/mol. The first-order valence-electron chi connectivity index (χ1n) is 12.8. The number of hydrogen-bond donors (Lipinski definition) is 2. The average molecular weight is 567 g/mol. The highest BCUT2D eigenvalue weighted by atomic mass is 32.2. The molecule has 2 fully saturated rings. The van der Waals surface area contributed by atoms with Crippen LogP contribution in [0.1, 0.15) is 51.4 Å². The molecule has 0 bridgehead atoms. The smallest absolute Gasteiger partial charge is 0.260 e. The normalized spacial score (nSPS) is 21.1. The number of amides is 1. The number of Topliss-reactive ketones (excluding diaryl/α,β-unsaturated/α-hetero) is 1. The van der Waals surface area contributed by atoms with Gasteiger partial charge in [-0.2, -0.15) is 9.03 Å². The number of sulfonamides is 2. The van der Waals surface area contributed by atoms with Crippen molar-refractivity contribution in [3.05, 3.63) is 36.9 Å². The predicted octanol–water partition coefficient (Wildman–Crippen LogP) is 0.971. The van der Waals surface area contributed by atoms with Crippen LogP contribution in [-0.4, -0.2) is 72.5 Å². The van der Waals surface area contributed by atoms with Crippen LogP contribution in [0.5, 0.6) is 0 Å². The van der Waals surface area contributed by atoms with Crippen molar-refractivity contribution in [1.29, 1.82) is 0 Å². The number of imidazole rings is 1. The number of carbonyl (C=O) groups excluding carboxylic acids is 2. The van der Waals surface area contributed by atoms with E-state index in [9.17, 15) is 26.4 Å². The third-order valence-electron chi connectivity index (χ3n) is 7.04. The molecule has 2 aromatic rings. The third-order valence-corrected chi connectivity index (χ3v) is 10.2. The monoisotopic (exact) mass is 566 g/mol. The van der Waals surface area contributed by atoms with E-state index in [0.29, 0.717) is 12.8 Å². The molecule has 3 heterocycles. The van der Waals surface area contributed by atoms with Crippen molar-refractivity contribution in [1.82, 2.24) is 28.9 Å². The molecule has 1 saturated carbocycles. The Balaban J connectivity index is 1.47. The van der Waals surface area contributed by atoms with Gasteiger partial charge in [0.15, 0.2) is 15.8 Å². The molecule has 2 atom stereocenters. The van der Waals surface area contributed by atoms with Crippen molar-refractivity contribution in [3.63, 3.8) is 0 Å². The van der Waals surface area contributed by atoms with Crippen LogP contribution < -0.4 is 10.0 Å². The van der Waals surface area contributed by atoms with Gasteiger partial charge in [-0.05, 0) is 37.3 Å². The van der Waals surface area contributed by atoms with E-state index in [1.165, 1.54) is 29.4 Å². The van der Waals surface area contributed by atoms with Gasteiger partial charge in [-0.1, -0.05) is 38.2 Å². The quantitative estimate of drug-likeness (QED) is 0.454. The van der Waals surface area contributed by atoms with Gasteiger partial charge < -0.3 is 9.88 Å². The van der Waals surface area contributed by atoms with Crippen LogP contribution in [0.15, 0.2) is 47.0 Å². The number of aryl methyl sites for hydroxylation is 1. The van der Waals surface area contributed by atoms with E-state index < -0.39 is 50.4 Å². The molecule has 1 saturated heterocycles. The molecule has 0 unspecified atom stereocenters. The molecule has 0 spiro atoms. The van der Waals surface area contributed by atoms with Crippen molar-refractivity contribution in [2.45, 2.75) is 73.5 Å². The van der Waals surface area contributed by atoms with Gasteiger partial charge in [-0.25, -0.2) is 26.8 Å². The minimum atomic E-state index is -4.08. The second-order valence-electron chi connectivity index (χ2n) is 9.97. The highest BCUT2D eigenvalue weighted by molar-refractivity contribution is 7.89. The first kappa shape index (κ1) is 28.3. The van der Waals surface area contributed by atoms with Gasteiger partial charge in [-0.15, -0.1) is 0 Å². The molecule has 2 aliphatic rings. The lowest BCUT2D eigenvalue weighted by atomic mass is 9.85. The van der Waals surface area contributed by atoms with Gasteiger partial charge in [0.2, 0.25) is 5.91 Å². The summed E-state index contributed by atoms with van der Waals surface area (Å²) in [5.41, 5.74) is 0. The lowest BCUT2D eigenvalue weighted by Crippen LogP contribution is -2.53. The maximum Gasteiger partial charge on any atom is 0.260 e. The van der Waals surface area contributed by atoms with Crippen molar-refractivity contribution < 1.29 is 26.4 Å². The van der Waals surface area contributed by atoms with Crippen molar-refractivity contribution in [3.8, 4) is 0 Å². The number of carbonyl (C=O) groups is 2. The van der Waals surface area contributed by atoms with Crippen LogP contribution in [0.2, 0.25) is 0 Å².